The SMILES string of the molecule is CC(CC(O)C1(CN)CCS(=O)(=O)C1)c1ccccc1. The second kappa shape index (κ2) is 5.84. The molecule has 20 heavy (non-hydrogen) atoms. The van der Waals surface area contributed by atoms with Crippen LogP contribution in [-0.2, 0) is 9.84 Å². The van der Waals surface area contributed by atoms with Crippen molar-refractivity contribution in [3.8, 4) is 0 Å². The first-order chi connectivity index (χ1) is 9.38. The lowest BCUT2D eigenvalue weighted by Gasteiger charge is -2.33. The number of rotatable bonds is 5. The van der Waals surface area contributed by atoms with Crippen LogP contribution in [0.2, 0.25) is 0 Å². The minimum Gasteiger partial charge on any atom is -0.392 e. The summed E-state index contributed by atoms with van der Waals surface area (Å²) in [6, 6.07) is 9.95. The first kappa shape index (κ1) is 15.5. The van der Waals surface area contributed by atoms with Crippen molar-refractivity contribution in [2.24, 2.45) is 11.1 Å². The summed E-state index contributed by atoms with van der Waals surface area (Å²) in [5, 5.41) is 10.5. The van der Waals surface area contributed by atoms with E-state index in [1.165, 1.54) is 0 Å². The molecule has 3 unspecified atom stereocenters. The minimum atomic E-state index is -3.05. The summed E-state index contributed by atoms with van der Waals surface area (Å²) in [6.45, 7) is 2.27. The molecule has 1 aliphatic rings. The smallest absolute Gasteiger partial charge is 0.151 e. The number of aliphatic hydroxyl groups is 1. The molecular formula is C15H23NO3S. The summed E-state index contributed by atoms with van der Waals surface area (Å²) in [5.74, 6) is 0.332. The molecule has 0 aliphatic carbocycles. The third kappa shape index (κ3) is 3.22. The van der Waals surface area contributed by atoms with E-state index >= 15 is 0 Å². The average molecular weight is 297 g/mol. The van der Waals surface area contributed by atoms with Gasteiger partial charge in [0.2, 0.25) is 0 Å². The molecule has 0 aromatic heterocycles. The lowest BCUT2D eigenvalue weighted by atomic mass is 9.77. The maximum absolute atomic E-state index is 11.7. The third-order valence-electron chi connectivity index (χ3n) is 4.48. The summed E-state index contributed by atoms with van der Waals surface area (Å²) in [6.07, 6.45) is 0.325. The summed E-state index contributed by atoms with van der Waals surface area (Å²) in [5.41, 5.74) is 6.27. The molecule has 0 amide bonds. The Bertz CT molecular complexity index is 543. The normalized spacial score (nSPS) is 28.1. The Labute approximate surface area is 120 Å². The second-order valence-corrected chi connectivity index (χ2v) is 8.16. The lowest BCUT2D eigenvalue weighted by molar-refractivity contribution is 0.0365. The van der Waals surface area contributed by atoms with Gasteiger partial charge in [0.15, 0.2) is 9.84 Å². The van der Waals surface area contributed by atoms with Gasteiger partial charge in [-0.25, -0.2) is 8.42 Å². The van der Waals surface area contributed by atoms with Gasteiger partial charge in [-0.15, -0.1) is 0 Å². The van der Waals surface area contributed by atoms with Crippen molar-refractivity contribution in [3.63, 3.8) is 0 Å². The van der Waals surface area contributed by atoms with Crippen LogP contribution >= 0.6 is 0 Å². The zero-order chi connectivity index (χ0) is 14.8. The first-order valence-corrected chi connectivity index (χ1v) is 8.84. The van der Waals surface area contributed by atoms with Crippen molar-refractivity contribution < 1.29 is 13.5 Å². The van der Waals surface area contributed by atoms with Crippen LogP contribution in [0.4, 0.5) is 0 Å². The minimum absolute atomic E-state index is 0.0131. The molecule has 0 bridgehead atoms. The van der Waals surface area contributed by atoms with Crippen molar-refractivity contribution >= 4 is 9.84 Å². The van der Waals surface area contributed by atoms with Gasteiger partial charge < -0.3 is 10.8 Å². The highest BCUT2D eigenvalue weighted by Gasteiger charge is 2.46. The van der Waals surface area contributed by atoms with Crippen LogP contribution in [-0.4, -0.2) is 37.7 Å². The Hall–Kier alpha value is -0.910. The van der Waals surface area contributed by atoms with Gasteiger partial charge in [-0.3, -0.25) is 0 Å². The van der Waals surface area contributed by atoms with Crippen molar-refractivity contribution in [3.05, 3.63) is 35.9 Å². The van der Waals surface area contributed by atoms with Crippen LogP contribution in [0.25, 0.3) is 0 Å². The van der Waals surface area contributed by atoms with E-state index < -0.39 is 21.4 Å². The molecule has 1 fully saturated rings. The molecule has 5 heteroatoms. The number of nitrogens with two attached hydrogens (primary N) is 1. The van der Waals surface area contributed by atoms with E-state index in [2.05, 4.69) is 0 Å². The summed E-state index contributed by atoms with van der Waals surface area (Å²) in [4.78, 5) is 0. The van der Waals surface area contributed by atoms with E-state index in [1.807, 2.05) is 37.3 Å². The third-order valence-corrected chi connectivity index (χ3v) is 6.32. The molecule has 0 radical (unpaired) electrons. The standard InChI is InChI=1S/C15H23NO3S/c1-12(13-5-3-2-4-6-13)9-14(17)15(10-16)7-8-20(18,19)11-15/h2-6,12,14,17H,7-11,16H2,1H3. The fourth-order valence-electron chi connectivity index (χ4n) is 3.00. The molecule has 1 heterocycles. The Morgan fingerprint density at radius 2 is 2.00 bits per heavy atom. The quantitative estimate of drug-likeness (QED) is 0.858. The van der Waals surface area contributed by atoms with Crippen LogP contribution in [0, 0.1) is 5.41 Å². The lowest BCUT2D eigenvalue weighted by Crippen LogP contribution is -2.43. The van der Waals surface area contributed by atoms with E-state index in [0.717, 1.165) is 5.56 Å². The monoisotopic (exact) mass is 297 g/mol. The topological polar surface area (TPSA) is 80.4 Å². The van der Waals surface area contributed by atoms with Gasteiger partial charge in [-0.1, -0.05) is 37.3 Å². The van der Waals surface area contributed by atoms with Gasteiger partial charge in [0.05, 0.1) is 17.6 Å². The fraction of sp³-hybridized carbons (Fsp3) is 0.600. The van der Waals surface area contributed by atoms with E-state index in [4.69, 9.17) is 5.73 Å². The Balaban J connectivity index is 2.09. The highest BCUT2D eigenvalue weighted by Crippen LogP contribution is 2.38. The van der Waals surface area contributed by atoms with Gasteiger partial charge in [-0.05, 0) is 24.3 Å². The first-order valence-electron chi connectivity index (χ1n) is 7.02. The predicted octanol–water partition coefficient (Wildman–Crippen LogP) is 1.30. The fourth-order valence-corrected chi connectivity index (χ4v) is 5.20. The number of hydrogen-bond donors (Lipinski definition) is 2. The van der Waals surface area contributed by atoms with Crippen LogP contribution in [0.3, 0.4) is 0 Å². The summed E-state index contributed by atoms with van der Waals surface area (Å²) in [7, 11) is -3.05. The molecular weight excluding hydrogens is 274 g/mol. The molecule has 0 spiro atoms. The van der Waals surface area contributed by atoms with Crippen LogP contribution in [0.1, 0.15) is 31.2 Å². The summed E-state index contributed by atoms with van der Waals surface area (Å²) >= 11 is 0. The largest absolute Gasteiger partial charge is 0.392 e. The van der Waals surface area contributed by atoms with Crippen molar-refractivity contribution in [1.82, 2.24) is 0 Å². The molecule has 1 aliphatic heterocycles. The van der Waals surface area contributed by atoms with Gasteiger partial charge in [0.1, 0.15) is 0 Å². The Kier molecular flexibility index (Phi) is 4.52. The molecule has 112 valence electrons. The van der Waals surface area contributed by atoms with E-state index in [9.17, 15) is 13.5 Å². The predicted molar refractivity (Wildman–Crippen MR) is 80.2 cm³/mol. The van der Waals surface area contributed by atoms with Crippen molar-refractivity contribution in [1.29, 1.82) is 0 Å². The van der Waals surface area contributed by atoms with Crippen LogP contribution < -0.4 is 5.73 Å². The molecule has 1 saturated heterocycles. The molecule has 1 aromatic carbocycles. The number of benzene rings is 1. The summed E-state index contributed by atoms with van der Waals surface area (Å²) < 4.78 is 23.4. The van der Waals surface area contributed by atoms with Gasteiger partial charge in [0, 0.05) is 12.0 Å². The molecule has 0 saturated carbocycles. The maximum atomic E-state index is 11.7. The van der Waals surface area contributed by atoms with Crippen LogP contribution in [0.15, 0.2) is 30.3 Å². The van der Waals surface area contributed by atoms with Gasteiger partial charge in [-0.2, -0.15) is 0 Å². The van der Waals surface area contributed by atoms with E-state index in [1.54, 1.807) is 0 Å². The zero-order valence-corrected chi connectivity index (χ0v) is 12.6. The molecule has 2 rings (SSSR count). The van der Waals surface area contributed by atoms with Gasteiger partial charge in [0.25, 0.3) is 0 Å². The van der Waals surface area contributed by atoms with E-state index in [0.29, 0.717) is 12.8 Å². The number of sulfone groups is 1. The highest BCUT2D eigenvalue weighted by molar-refractivity contribution is 7.91. The Morgan fingerprint density at radius 1 is 1.35 bits per heavy atom. The molecule has 4 nitrogen and oxygen atoms in total. The second-order valence-electron chi connectivity index (χ2n) is 5.97. The van der Waals surface area contributed by atoms with Gasteiger partial charge >= 0.3 is 0 Å². The Morgan fingerprint density at radius 3 is 2.50 bits per heavy atom. The number of aliphatic hydroxyl groups excluding tert-OH is 1. The number of hydrogen-bond acceptors (Lipinski definition) is 4. The molecule has 3 atom stereocenters. The average Bonchev–Trinajstić information content (AvgIpc) is 2.76. The van der Waals surface area contributed by atoms with Crippen molar-refractivity contribution in [2.45, 2.75) is 31.8 Å². The van der Waals surface area contributed by atoms with E-state index in [-0.39, 0.29) is 24.0 Å². The molecule has 1 aromatic rings. The zero-order valence-electron chi connectivity index (χ0n) is 11.8. The highest BCUT2D eigenvalue weighted by atomic mass is 32.2. The van der Waals surface area contributed by atoms with Crippen molar-refractivity contribution in [2.75, 3.05) is 18.1 Å². The maximum Gasteiger partial charge on any atom is 0.151 e. The van der Waals surface area contributed by atoms with Crippen LogP contribution in [0.5, 0.6) is 0 Å². The molecule has 3 N–H and O–H groups in total.